The van der Waals surface area contributed by atoms with Crippen molar-refractivity contribution in [3.8, 4) is 0 Å². The van der Waals surface area contributed by atoms with Gasteiger partial charge >= 0.3 is 21.1 Å². The van der Waals surface area contributed by atoms with Gasteiger partial charge in [0.1, 0.15) is 12.2 Å². The van der Waals surface area contributed by atoms with Crippen LogP contribution in [0, 0.1) is 0 Å². The van der Waals surface area contributed by atoms with Crippen LogP contribution in [0.4, 0.5) is 5.82 Å². The van der Waals surface area contributed by atoms with Gasteiger partial charge in [-0.15, -0.1) is 0 Å². The van der Waals surface area contributed by atoms with Crippen molar-refractivity contribution in [1.29, 1.82) is 0 Å². The number of ether oxygens (including phenoxy) is 2. The maximum Gasteiger partial charge on any atom is 0.479 e. The molecule has 0 aliphatic heterocycles. The van der Waals surface area contributed by atoms with Crippen LogP contribution in [-0.4, -0.2) is 63.3 Å². The normalized spacial score (nSPS) is 15.3. The fraction of sp³-hybridized carbons (Fsp3) is 0.852. The molecule has 1 aromatic rings. The van der Waals surface area contributed by atoms with Gasteiger partial charge in [-0.25, -0.2) is 13.7 Å². The van der Waals surface area contributed by atoms with Gasteiger partial charge in [-0.3, -0.25) is 13.7 Å². The Bertz CT molecular complexity index is 982. The first-order chi connectivity index (χ1) is 20.1. The molecule has 246 valence electrons. The number of hydrogen-bond donors (Lipinski definition) is 4. The van der Waals surface area contributed by atoms with Gasteiger partial charge < -0.3 is 30.1 Å². The van der Waals surface area contributed by atoms with Crippen LogP contribution in [0.25, 0.3) is 0 Å². The number of nitrogens with two attached hydrogens (primary N) is 1. The second-order valence-corrected chi connectivity index (χ2v) is 13.9. The highest BCUT2D eigenvalue weighted by Gasteiger charge is 2.34. The van der Waals surface area contributed by atoms with E-state index in [9.17, 15) is 28.8 Å². The molecule has 42 heavy (non-hydrogen) atoms. The summed E-state index contributed by atoms with van der Waals surface area (Å²) in [6, 6.07) is 1.36. The van der Waals surface area contributed by atoms with E-state index in [4.69, 9.17) is 19.7 Å². The lowest BCUT2D eigenvalue weighted by Gasteiger charge is -2.20. The second-order valence-electron chi connectivity index (χ2n) is 10.5. The molecule has 0 aromatic carbocycles. The first-order valence-electron chi connectivity index (χ1n) is 15.2. The highest BCUT2D eigenvalue weighted by atomic mass is 31.3. The van der Waals surface area contributed by atoms with Crippen molar-refractivity contribution in [2.24, 2.45) is 0 Å². The van der Waals surface area contributed by atoms with E-state index >= 15 is 0 Å². The molecule has 1 heterocycles. The molecule has 5 N–H and O–H groups in total. The van der Waals surface area contributed by atoms with Crippen molar-refractivity contribution in [2.75, 3.05) is 38.5 Å². The van der Waals surface area contributed by atoms with Gasteiger partial charge in [0, 0.05) is 19.4 Å². The Morgan fingerprint density at radius 2 is 1.43 bits per heavy atom. The van der Waals surface area contributed by atoms with E-state index < -0.39 is 40.2 Å². The van der Waals surface area contributed by atoms with Crippen molar-refractivity contribution in [2.45, 2.75) is 116 Å². The summed E-state index contributed by atoms with van der Waals surface area (Å²) >= 11 is 0. The number of aliphatic hydroxyl groups excluding tert-OH is 1. The molecule has 0 radical (unpaired) electrons. The molecule has 15 heteroatoms. The molecule has 0 saturated carbocycles. The number of anilines is 1. The van der Waals surface area contributed by atoms with Crippen LogP contribution in [0.5, 0.6) is 0 Å². The number of nitrogen functional groups attached to an aromatic ring is 1. The summed E-state index contributed by atoms with van der Waals surface area (Å²) in [6.07, 6.45) is 17.5. The summed E-state index contributed by atoms with van der Waals surface area (Å²) in [4.78, 5) is 35.0. The van der Waals surface area contributed by atoms with Crippen LogP contribution in [0.3, 0.4) is 0 Å². The summed E-state index contributed by atoms with van der Waals surface area (Å²) in [5.41, 5.74) is 4.72. The van der Waals surface area contributed by atoms with E-state index in [2.05, 4.69) is 16.2 Å². The highest BCUT2D eigenvalue weighted by Crippen LogP contribution is 2.59. The summed E-state index contributed by atoms with van der Waals surface area (Å²) in [7, 11) is -9.57. The van der Waals surface area contributed by atoms with Gasteiger partial charge in [0.05, 0.1) is 25.9 Å². The van der Waals surface area contributed by atoms with Crippen molar-refractivity contribution >= 4 is 21.2 Å². The zero-order chi connectivity index (χ0) is 31.1. The third kappa shape index (κ3) is 20.7. The van der Waals surface area contributed by atoms with Gasteiger partial charge in [0.15, 0.2) is 0 Å². The molecule has 0 bridgehead atoms. The van der Waals surface area contributed by atoms with Gasteiger partial charge in [-0.2, -0.15) is 4.98 Å². The van der Waals surface area contributed by atoms with Crippen LogP contribution >= 0.6 is 15.4 Å². The third-order valence-electron chi connectivity index (χ3n) is 6.53. The number of phosphoric ester groups is 1. The minimum Gasteiger partial charge on any atom is -0.394 e. The topological polar surface area (TPSA) is 193 Å². The molecule has 0 amide bonds. The molecular weight excluding hydrogens is 588 g/mol. The van der Waals surface area contributed by atoms with E-state index in [0.29, 0.717) is 19.6 Å². The number of nitrogens with zero attached hydrogens (tertiary/aromatic N) is 2. The fourth-order valence-corrected chi connectivity index (χ4v) is 6.64. The summed E-state index contributed by atoms with van der Waals surface area (Å²) in [5, 5.41) is 9.45. The molecule has 0 fully saturated rings. The summed E-state index contributed by atoms with van der Waals surface area (Å²) < 4.78 is 45.2. The molecule has 13 nitrogen and oxygen atoms in total. The van der Waals surface area contributed by atoms with E-state index in [1.54, 1.807) is 0 Å². The lowest BCUT2D eigenvalue weighted by atomic mass is 10.0. The predicted octanol–water partition coefficient (Wildman–Crippen LogP) is 5.37. The van der Waals surface area contributed by atoms with E-state index in [-0.39, 0.29) is 19.0 Å². The lowest BCUT2D eigenvalue weighted by Crippen LogP contribution is -2.32. The Kier molecular flexibility index (Phi) is 21.5. The second kappa shape index (κ2) is 23.3. The van der Waals surface area contributed by atoms with Crippen LogP contribution < -0.4 is 11.4 Å². The summed E-state index contributed by atoms with van der Waals surface area (Å²) in [6.45, 7) is 2.14. The quantitative estimate of drug-likeness (QED) is 0.0676. The van der Waals surface area contributed by atoms with Crippen molar-refractivity contribution in [3.05, 3.63) is 22.7 Å². The number of aromatic nitrogens is 2. The number of aliphatic hydroxyl groups is 1. The zero-order valence-electron chi connectivity index (χ0n) is 25.1. The predicted molar refractivity (Wildman–Crippen MR) is 162 cm³/mol. The lowest BCUT2D eigenvalue weighted by molar-refractivity contribution is 0.0185. The molecule has 2 unspecified atom stereocenters. The molecule has 0 saturated heterocycles. The number of phosphoric acid groups is 1. The summed E-state index contributed by atoms with van der Waals surface area (Å²) in [5.74, 6) is 0.0151. The van der Waals surface area contributed by atoms with Crippen molar-refractivity contribution in [1.82, 2.24) is 9.55 Å². The smallest absolute Gasteiger partial charge is 0.394 e. The number of hydrogen-bond acceptors (Lipinski definition) is 10. The van der Waals surface area contributed by atoms with Crippen molar-refractivity contribution < 1.29 is 42.3 Å². The van der Waals surface area contributed by atoms with E-state index in [1.807, 2.05) is 0 Å². The van der Waals surface area contributed by atoms with Crippen LogP contribution in [0.15, 0.2) is 17.1 Å². The Hall–Kier alpha value is -1.14. The molecule has 0 aliphatic rings. The monoisotopic (exact) mass is 641 g/mol. The highest BCUT2D eigenvalue weighted by molar-refractivity contribution is 7.63. The average Bonchev–Trinajstić information content (AvgIpc) is 2.92. The van der Waals surface area contributed by atoms with E-state index in [1.165, 1.54) is 89.3 Å². The molecule has 0 spiro atoms. The maximum atomic E-state index is 12.2. The number of rotatable bonds is 28. The Morgan fingerprint density at radius 1 is 0.881 bits per heavy atom. The van der Waals surface area contributed by atoms with Crippen LogP contribution in [0.1, 0.15) is 103 Å². The van der Waals surface area contributed by atoms with Crippen LogP contribution in [-0.2, 0) is 34.0 Å². The first-order valence-corrected chi connectivity index (χ1v) is 18.5. The number of unbranched alkanes of at least 4 members (excludes halogenated alkanes) is 13. The molecule has 1 aromatic heterocycles. The standard InChI is InChI=1S/C27H53N3O10P2/c1-2-3-4-5-6-7-8-9-10-11-12-13-14-15-19-37-20-16-21-39-42(35,36)40-41(33,34)24-38-25(23-31)22-30-18-17-26(28)29-27(30)32/h17-18,25,31H,2-16,19-24H2,1H3,(H,33,34)(H,35,36)(H2,28,29,32)/t25-/m0/s1. The molecular formula is C27H53N3O10P2. The zero-order valence-corrected chi connectivity index (χ0v) is 26.9. The molecule has 0 aliphatic carbocycles. The SMILES string of the molecule is CCCCCCCCCCCCCCCCOCCCOP(=O)(O)OP(=O)(O)CO[C@H](CO)Cn1ccc(N)nc1=O. The minimum atomic E-state index is -4.85. The van der Waals surface area contributed by atoms with Crippen molar-refractivity contribution in [3.63, 3.8) is 0 Å². The molecule has 3 atom stereocenters. The van der Waals surface area contributed by atoms with Gasteiger partial charge in [-0.1, -0.05) is 90.4 Å². The van der Waals surface area contributed by atoms with Gasteiger partial charge in [-0.05, 0) is 18.9 Å². The van der Waals surface area contributed by atoms with Gasteiger partial charge in [0.2, 0.25) is 0 Å². The van der Waals surface area contributed by atoms with Crippen LogP contribution in [0.2, 0.25) is 0 Å². The molecule has 1 rings (SSSR count). The third-order valence-corrected chi connectivity index (χ3v) is 9.36. The Balaban J connectivity index is 2.05. The van der Waals surface area contributed by atoms with Gasteiger partial charge in [0.25, 0.3) is 0 Å². The maximum absolute atomic E-state index is 12.2. The minimum absolute atomic E-state index is 0.0151. The largest absolute Gasteiger partial charge is 0.479 e. The van der Waals surface area contributed by atoms with E-state index in [0.717, 1.165) is 17.4 Å². The Labute approximate surface area is 250 Å². The first kappa shape index (κ1) is 38.9. The Morgan fingerprint density at radius 3 is 1.98 bits per heavy atom. The average molecular weight is 642 g/mol. The fourth-order valence-electron chi connectivity index (χ4n) is 4.21.